The summed E-state index contributed by atoms with van der Waals surface area (Å²) in [4.78, 5) is 35.9. The maximum atomic E-state index is 14.3. The number of aromatic nitrogens is 5. The minimum absolute atomic E-state index is 0.0128. The molecule has 1 N–H and O–H groups in total. The van der Waals surface area contributed by atoms with E-state index < -0.39 is 58.1 Å². The molecule has 4 aromatic rings. The predicted molar refractivity (Wildman–Crippen MR) is 135 cm³/mol. The number of benzene rings is 1. The molecule has 4 heterocycles. The highest BCUT2D eigenvalue weighted by molar-refractivity contribution is 5.96. The van der Waals surface area contributed by atoms with E-state index in [1.54, 1.807) is 20.2 Å². The van der Waals surface area contributed by atoms with Crippen LogP contribution in [0.15, 0.2) is 47.5 Å². The van der Waals surface area contributed by atoms with Crippen molar-refractivity contribution in [3.05, 3.63) is 93.2 Å². The fourth-order valence-corrected chi connectivity index (χ4v) is 5.11. The van der Waals surface area contributed by atoms with Crippen molar-refractivity contribution in [3.63, 3.8) is 0 Å². The lowest BCUT2D eigenvalue weighted by Crippen LogP contribution is -2.35. The van der Waals surface area contributed by atoms with E-state index in [4.69, 9.17) is 0 Å². The van der Waals surface area contributed by atoms with Gasteiger partial charge in [0.15, 0.2) is 11.4 Å². The summed E-state index contributed by atoms with van der Waals surface area (Å²) in [6.07, 6.45) is 2.94. The number of nitrogens with zero attached hydrogens (tertiary/aromatic N) is 6. The van der Waals surface area contributed by atoms with Crippen LogP contribution in [0.1, 0.15) is 53.3 Å². The third-order valence-corrected chi connectivity index (χ3v) is 6.92. The lowest BCUT2D eigenvalue weighted by molar-refractivity contribution is 0.0783. The van der Waals surface area contributed by atoms with Crippen LogP contribution in [0.4, 0.5) is 17.6 Å². The molecule has 5 rings (SSSR count). The van der Waals surface area contributed by atoms with Gasteiger partial charge in [0.05, 0.1) is 17.9 Å². The summed E-state index contributed by atoms with van der Waals surface area (Å²) in [7, 11) is 1.63. The van der Waals surface area contributed by atoms with E-state index >= 15 is 0 Å². The summed E-state index contributed by atoms with van der Waals surface area (Å²) in [6, 6.07) is 4.19. The third-order valence-electron chi connectivity index (χ3n) is 6.92. The number of aromatic hydroxyl groups is 1. The summed E-state index contributed by atoms with van der Waals surface area (Å²) < 4.78 is 58.6. The van der Waals surface area contributed by atoms with E-state index in [1.165, 1.54) is 20.2 Å². The third kappa shape index (κ3) is 4.94. The summed E-state index contributed by atoms with van der Waals surface area (Å²) >= 11 is 0. The highest BCUT2D eigenvalue weighted by atomic mass is 19.1. The Morgan fingerprint density at radius 1 is 1.12 bits per heavy atom. The average Bonchev–Trinajstić information content (AvgIpc) is 3.54. The second kappa shape index (κ2) is 10.5. The lowest BCUT2D eigenvalue weighted by atomic mass is 10.0. The smallest absolute Gasteiger partial charge is 0.290 e. The molecule has 9 nitrogen and oxygen atoms in total. The fraction of sp³-hybridized carbons (Fsp3) is 0.296. The van der Waals surface area contributed by atoms with E-state index in [2.05, 4.69) is 15.1 Å². The predicted octanol–water partition coefficient (Wildman–Crippen LogP) is 3.93. The number of carbonyl (C=O) groups is 1. The molecule has 0 aliphatic carbocycles. The standard InChI is InChI=1S/C27H24F4N6O3/c1-3-21(15-8-16(28)10-17(29)9-15)37-24(20-5-6-35(2)34-20)33-25(38)22(27(37)40)26(39)36-7-4-14(13-36)23-19(31)11-18(30)12-32-23/h5-6,8-12,14,21,40H,3-4,7,13H2,1-2H3. The van der Waals surface area contributed by atoms with Gasteiger partial charge < -0.3 is 10.0 Å². The van der Waals surface area contributed by atoms with Crippen molar-refractivity contribution >= 4 is 5.91 Å². The zero-order chi connectivity index (χ0) is 28.7. The van der Waals surface area contributed by atoms with Crippen molar-refractivity contribution in [2.24, 2.45) is 7.05 Å². The molecular weight excluding hydrogens is 532 g/mol. The second-order valence-electron chi connectivity index (χ2n) is 9.57. The van der Waals surface area contributed by atoms with Crippen LogP contribution < -0.4 is 5.56 Å². The molecule has 1 aliphatic rings. The van der Waals surface area contributed by atoms with Gasteiger partial charge in [-0.2, -0.15) is 10.1 Å². The van der Waals surface area contributed by atoms with Crippen LogP contribution in [-0.4, -0.2) is 53.3 Å². The van der Waals surface area contributed by atoms with Crippen LogP contribution in [0, 0.1) is 23.3 Å². The van der Waals surface area contributed by atoms with Crippen molar-refractivity contribution < 1.29 is 27.5 Å². The molecule has 0 bridgehead atoms. The number of pyridine rings is 1. The lowest BCUT2D eigenvalue weighted by Gasteiger charge is -2.25. The van der Waals surface area contributed by atoms with Gasteiger partial charge >= 0.3 is 0 Å². The Labute approximate surface area is 225 Å². The van der Waals surface area contributed by atoms with E-state index in [0.29, 0.717) is 12.1 Å². The van der Waals surface area contributed by atoms with Crippen LogP contribution in [0.5, 0.6) is 5.88 Å². The molecule has 2 unspecified atom stereocenters. The SMILES string of the molecule is CCC(c1cc(F)cc(F)c1)n1c(-c2ccn(C)n2)nc(=O)c(C(=O)N2CCC(c3ncc(F)cc3F)C2)c1O. The molecule has 1 saturated heterocycles. The largest absolute Gasteiger partial charge is 0.494 e. The van der Waals surface area contributed by atoms with Gasteiger partial charge in [-0.05, 0) is 36.6 Å². The molecule has 1 amide bonds. The Kier molecular flexibility index (Phi) is 7.13. The first-order chi connectivity index (χ1) is 19.1. The summed E-state index contributed by atoms with van der Waals surface area (Å²) in [6.45, 7) is 1.76. The van der Waals surface area contributed by atoms with Crippen molar-refractivity contribution in [1.29, 1.82) is 0 Å². The number of hydrogen-bond acceptors (Lipinski definition) is 6. The number of rotatable bonds is 6. The number of halogens is 4. The number of likely N-dealkylation sites (tertiary alicyclic amines) is 1. The van der Waals surface area contributed by atoms with Gasteiger partial charge in [0.1, 0.15) is 29.0 Å². The topological polar surface area (TPSA) is 106 Å². The van der Waals surface area contributed by atoms with Crippen molar-refractivity contribution in [1.82, 2.24) is 29.2 Å². The van der Waals surface area contributed by atoms with Gasteiger partial charge in [0.25, 0.3) is 11.5 Å². The van der Waals surface area contributed by atoms with Gasteiger partial charge in [0.2, 0.25) is 5.88 Å². The number of aryl methyl sites for hydroxylation is 1. The highest BCUT2D eigenvalue weighted by Crippen LogP contribution is 2.35. The maximum Gasteiger partial charge on any atom is 0.290 e. The first-order valence-electron chi connectivity index (χ1n) is 12.5. The normalized spacial score (nSPS) is 15.9. The van der Waals surface area contributed by atoms with Crippen LogP contribution in [0.3, 0.4) is 0 Å². The second-order valence-corrected chi connectivity index (χ2v) is 9.57. The molecular formula is C27H24F4N6O3. The van der Waals surface area contributed by atoms with E-state index in [-0.39, 0.29) is 48.7 Å². The Morgan fingerprint density at radius 2 is 1.85 bits per heavy atom. The fourth-order valence-electron chi connectivity index (χ4n) is 5.11. The van der Waals surface area contributed by atoms with Crippen LogP contribution >= 0.6 is 0 Å². The molecule has 0 saturated carbocycles. The minimum atomic E-state index is -1.03. The maximum absolute atomic E-state index is 14.3. The van der Waals surface area contributed by atoms with E-state index in [9.17, 15) is 32.3 Å². The molecule has 0 radical (unpaired) electrons. The molecule has 0 spiro atoms. The number of amides is 1. The van der Waals surface area contributed by atoms with Crippen molar-refractivity contribution in [3.8, 4) is 17.4 Å². The Morgan fingerprint density at radius 3 is 2.48 bits per heavy atom. The van der Waals surface area contributed by atoms with E-state index in [1.807, 2.05) is 0 Å². The van der Waals surface area contributed by atoms with Gasteiger partial charge in [-0.1, -0.05) is 6.92 Å². The summed E-state index contributed by atoms with van der Waals surface area (Å²) in [5.41, 5.74) is -1.38. The number of carbonyl (C=O) groups excluding carboxylic acids is 1. The number of hydrogen-bond donors (Lipinski definition) is 1. The van der Waals surface area contributed by atoms with Crippen LogP contribution in [-0.2, 0) is 7.05 Å². The molecule has 40 heavy (non-hydrogen) atoms. The Bertz CT molecular complexity index is 1650. The molecule has 1 aromatic carbocycles. The van der Waals surface area contributed by atoms with Gasteiger partial charge in [-0.25, -0.2) is 17.6 Å². The molecule has 1 fully saturated rings. The first-order valence-corrected chi connectivity index (χ1v) is 12.5. The van der Waals surface area contributed by atoms with E-state index in [0.717, 1.165) is 18.3 Å². The molecule has 1 aliphatic heterocycles. The molecule has 208 valence electrons. The average molecular weight is 557 g/mol. The van der Waals surface area contributed by atoms with Crippen LogP contribution in [0.2, 0.25) is 0 Å². The highest BCUT2D eigenvalue weighted by Gasteiger charge is 2.35. The molecule has 2 atom stereocenters. The zero-order valence-corrected chi connectivity index (χ0v) is 21.5. The quantitative estimate of drug-likeness (QED) is 0.361. The minimum Gasteiger partial charge on any atom is -0.494 e. The molecule has 3 aromatic heterocycles. The Hall–Kier alpha value is -4.55. The van der Waals surface area contributed by atoms with Gasteiger partial charge in [-0.3, -0.25) is 23.8 Å². The first kappa shape index (κ1) is 27.0. The van der Waals surface area contributed by atoms with Crippen molar-refractivity contribution in [2.75, 3.05) is 13.1 Å². The summed E-state index contributed by atoms with van der Waals surface area (Å²) in [5.74, 6) is -5.65. The monoisotopic (exact) mass is 556 g/mol. The van der Waals surface area contributed by atoms with Gasteiger partial charge in [-0.15, -0.1) is 0 Å². The molecule has 13 heteroatoms. The van der Waals surface area contributed by atoms with Gasteiger partial charge in [0, 0.05) is 44.4 Å². The zero-order valence-electron chi connectivity index (χ0n) is 21.5. The summed E-state index contributed by atoms with van der Waals surface area (Å²) in [5, 5.41) is 15.7. The van der Waals surface area contributed by atoms with Crippen LogP contribution in [0.25, 0.3) is 11.5 Å². The van der Waals surface area contributed by atoms with Crippen molar-refractivity contribution in [2.45, 2.75) is 31.7 Å². The Balaban J connectivity index is 1.60.